The average Bonchev–Trinajstić information content (AvgIpc) is 3.30. The summed E-state index contributed by atoms with van der Waals surface area (Å²) >= 11 is 1.63. The fourth-order valence-electron chi connectivity index (χ4n) is 4.68. The molecule has 0 saturated heterocycles. The van der Waals surface area contributed by atoms with Gasteiger partial charge in [0.05, 0.1) is 16.8 Å². The highest BCUT2D eigenvalue weighted by atomic mass is 32.1. The molecule has 3 heterocycles. The summed E-state index contributed by atoms with van der Waals surface area (Å²) < 4.78 is 8.61. The normalized spacial score (nSPS) is 22.8. The first-order chi connectivity index (χ1) is 14.0. The lowest BCUT2D eigenvalue weighted by atomic mass is 9.91. The molecule has 29 heavy (non-hydrogen) atoms. The molecule has 2 amide bonds. The smallest absolute Gasteiger partial charge is 0.271 e. The largest absolute Gasteiger partial charge is 0.382 e. The first kappa shape index (κ1) is 20.4. The minimum Gasteiger partial charge on any atom is -0.382 e. The van der Waals surface area contributed by atoms with Gasteiger partial charge in [0.15, 0.2) is 0 Å². The maximum absolute atomic E-state index is 13.5. The highest BCUT2D eigenvalue weighted by molar-refractivity contribution is 7.17. The van der Waals surface area contributed by atoms with Gasteiger partial charge in [0, 0.05) is 25.8 Å². The third kappa shape index (κ3) is 3.82. The van der Waals surface area contributed by atoms with Crippen molar-refractivity contribution in [2.45, 2.75) is 70.5 Å². The van der Waals surface area contributed by atoms with Gasteiger partial charge in [-0.3, -0.25) is 9.59 Å². The minimum atomic E-state index is -0.901. The fourth-order valence-corrected chi connectivity index (χ4v) is 5.50. The van der Waals surface area contributed by atoms with E-state index in [0.717, 1.165) is 42.3 Å². The van der Waals surface area contributed by atoms with E-state index < -0.39 is 5.54 Å². The van der Waals surface area contributed by atoms with Gasteiger partial charge >= 0.3 is 0 Å². The molecule has 1 aliphatic carbocycles. The number of hydrogen-bond acceptors (Lipinski definition) is 4. The van der Waals surface area contributed by atoms with Crippen LogP contribution in [0.25, 0.3) is 10.2 Å². The fraction of sp³-hybridized carbons (Fsp3) is 0.636. The monoisotopic (exact) mass is 417 g/mol. The van der Waals surface area contributed by atoms with Crippen LogP contribution in [0, 0.1) is 0 Å². The van der Waals surface area contributed by atoms with Gasteiger partial charge in [0.25, 0.3) is 5.91 Å². The summed E-state index contributed by atoms with van der Waals surface area (Å²) in [5.74, 6) is -0.0886. The first-order valence-corrected chi connectivity index (χ1v) is 11.7. The molecule has 6 nitrogen and oxygen atoms in total. The van der Waals surface area contributed by atoms with Crippen LogP contribution in [-0.4, -0.2) is 52.6 Å². The number of carbonyl (C=O) groups is 2. The van der Waals surface area contributed by atoms with Gasteiger partial charge < -0.3 is 19.5 Å². The Hall–Kier alpha value is -1.86. The summed E-state index contributed by atoms with van der Waals surface area (Å²) in [6.07, 6.45) is 6.36. The van der Waals surface area contributed by atoms with Crippen LogP contribution in [0.15, 0.2) is 17.5 Å². The average molecular weight is 418 g/mol. The van der Waals surface area contributed by atoms with E-state index in [1.807, 2.05) is 35.9 Å². The standard InChI is InChI=1S/C22H31N3O3S/c1-3-28-12-7-11-25-20(26)18-14-19-17(10-13-29-19)24(18)15-22(25,2)21(27)23-16-8-5-4-6-9-16/h10,13-14,16H,3-9,11-12,15H2,1-2H3,(H,23,27). The zero-order chi connectivity index (χ0) is 20.4. The van der Waals surface area contributed by atoms with Crippen molar-refractivity contribution in [1.82, 2.24) is 14.8 Å². The van der Waals surface area contributed by atoms with E-state index in [-0.39, 0.29) is 17.9 Å². The van der Waals surface area contributed by atoms with Gasteiger partial charge in [0.2, 0.25) is 5.91 Å². The van der Waals surface area contributed by atoms with Crippen LogP contribution in [0.2, 0.25) is 0 Å². The van der Waals surface area contributed by atoms with E-state index in [2.05, 4.69) is 5.32 Å². The second kappa shape index (κ2) is 8.48. The highest BCUT2D eigenvalue weighted by Crippen LogP contribution is 2.34. The predicted octanol–water partition coefficient (Wildman–Crippen LogP) is 3.79. The molecule has 0 spiro atoms. The molecule has 0 aromatic carbocycles. The Kier molecular flexibility index (Phi) is 5.97. The number of carbonyl (C=O) groups excluding carboxylic acids is 2. The first-order valence-electron chi connectivity index (χ1n) is 10.8. The zero-order valence-electron chi connectivity index (χ0n) is 17.4. The number of hydrogen-bond donors (Lipinski definition) is 1. The summed E-state index contributed by atoms with van der Waals surface area (Å²) in [6, 6.07) is 4.23. The van der Waals surface area contributed by atoms with E-state index >= 15 is 0 Å². The van der Waals surface area contributed by atoms with E-state index in [1.54, 1.807) is 16.2 Å². The van der Waals surface area contributed by atoms with Gasteiger partial charge in [-0.05, 0) is 50.6 Å². The Bertz CT molecular complexity index is 883. The summed E-state index contributed by atoms with van der Waals surface area (Å²) in [5.41, 5.74) is 0.831. The van der Waals surface area contributed by atoms with Crippen molar-refractivity contribution in [3.05, 3.63) is 23.2 Å². The second-order valence-electron chi connectivity index (χ2n) is 8.38. The Morgan fingerprint density at radius 1 is 1.34 bits per heavy atom. The van der Waals surface area contributed by atoms with Crippen molar-refractivity contribution in [3.8, 4) is 0 Å². The van der Waals surface area contributed by atoms with E-state index in [4.69, 9.17) is 4.74 Å². The minimum absolute atomic E-state index is 0.0307. The summed E-state index contributed by atoms with van der Waals surface area (Å²) in [7, 11) is 0. The zero-order valence-corrected chi connectivity index (χ0v) is 18.2. The van der Waals surface area contributed by atoms with E-state index in [1.165, 1.54) is 6.42 Å². The molecule has 158 valence electrons. The number of fused-ring (bicyclic) bond motifs is 3. The molecule has 0 bridgehead atoms. The van der Waals surface area contributed by atoms with Gasteiger partial charge in [-0.1, -0.05) is 19.3 Å². The molecular formula is C22H31N3O3S. The van der Waals surface area contributed by atoms with E-state index in [9.17, 15) is 9.59 Å². The maximum Gasteiger partial charge on any atom is 0.271 e. The summed E-state index contributed by atoms with van der Waals surface area (Å²) in [5, 5.41) is 5.31. The number of nitrogens with zero attached hydrogens (tertiary/aromatic N) is 2. The quantitative estimate of drug-likeness (QED) is 0.697. The lowest BCUT2D eigenvalue weighted by Crippen LogP contribution is -2.65. The molecule has 1 aliphatic heterocycles. The molecule has 2 aromatic rings. The SMILES string of the molecule is CCOCCCN1C(=O)c2cc3sccc3n2CC1(C)C(=O)NC1CCCCC1. The maximum atomic E-state index is 13.5. The summed E-state index contributed by atoms with van der Waals surface area (Å²) in [4.78, 5) is 28.7. The van der Waals surface area contributed by atoms with Crippen LogP contribution >= 0.6 is 11.3 Å². The highest BCUT2D eigenvalue weighted by Gasteiger charge is 2.47. The molecule has 0 radical (unpaired) electrons. The number of rotatable bonds is 7. The van der Waals surface area contributed by atoms with Crippen molar-refractivity contribution in [2.24, 2.45) is 0 Å². The molecular weight excluding hydrogens is 386 g/mol. The predicted molar refractivity (Wildman–Crippen MR) is 115 cm³/mol. The van der Waals surface area contributed by atoms with Crippen molar-refractivity contribution in [3.63, 3.8) is 0 Å². The second-order valence-corrected chi connectivity index (χ2v) is 9.32. The van der Waals surface area contributed by atoms with Crippen molar-refractivity contribution in [1.29, 1.82) is 0 Å². The Labute approximate surface area is 176 Å². The van der Waals surface area contributed by atoms with Crippen molar-refractivity contribution in [2.75, 3.05) is 19.8 Å². The van der Waals surface area contributed by atoms with Gasteiger partial charge in [-0.2, -0.15) is 0 Å². The Balaban J connectivity index is 1.62. The molecule has 1 N–H and O–H groups in total. The molecule has 1 saturated carbocycles. The number of aromatic nitrogens is 1. The Morgan fingerprint density at radius 2 is 2.14 bits per heavy atom. The van der Waals surface area contributed by atoms with Crippen molar-refractivity contribution < 1.29 is 14.3 Å². The van der Waals surface area contributed by atoms with Gasteiger partial charge in [-0.15, -0.1) is 11.3 Å². The molecule has 1 unspecified atom stereocenters. The van der Waals surface area contributed by atoms with Crippen LogP contribution in [0.1, 0.15) is 62.9 Å². The van der Waals surface area contributed by atoms with Gasteiger partial charge in [0.1, 0.15) is 11.2 Å². The van der Waals surface area contributed by atoms with Crippen LogP contribution in [-0.2, 0) is 16.1 Å². The third-order valence-corrected chi connectivity index (χ3v) is 7.21. The molecule has 4 rings (SSSR count). The lowest BCUT2D eigenvalue weighted by Gasteiger charge is -2.45. The lowest BCUT2D eigenvalue weighted by molar-refractivity contribution is -0.133. The molecule has 2 aliphatic rings. The number of thiophene rings is 1. The molecule has 1 fully saturated rings. The van der Waals surface area contributed by atoms with E-state index in [0.29, 0.717) is 32.0 Å². The van der Waals surface area contributed by atoms with Crippen LogP contribution < -0.4 is 5.32 Å². The third-order valence-electron chi connectivity index (χ3n) is 6.35. The summed E-state index contributed by atoms with van der Waals surface area (Å²) in [6.45, 7) is 6.15. The van der Waals surface area contributed by atoms with Crippen molar-refractivity contribution >= 4 is 33.4 Å². The molecule has 1 atom stereocenters. The van der Waals surface area contributed by atoms with Crippen LogP contribution in [0.5, 0.6) is 0 Å². The van der Waals surface area contributed by atoms with Crippen LogP contribution in [0.4, 0.5) is 0 Å². The number of ether oxygens (including phenoxy) is 1. The molecule has 2 aromatic heterocycles. The topological polar surface area (TPSA) is 63.6 Å². The number of nitrogens with one attached hydrogen (secondary N) is 1. The number of amides is 2. The van der Waals surface area contributed by atoms with Gasteiger partial charge in [-0.25, -0.2) is 0 Å². The Morgan fingerprint density at radius 3 is 2.90 bits per heavy atom. The van der Waals surface area contributed by atoms with Crippen LogP contribution in [0.3, 0.4) is 0 Å². The molecule has 7 heteroatoms.